The van der Waals surface area contributed by atoms with Gasteiger partial charge in [0.25, 0.3) is 0 Å². The monoisotopic (exact) mass is 362 g/mol. The summed E-state index contributed by atoms with van der Waals surface area (Å²) >= 11 is 0. The summed E-state index contributed by atoms with van der Waals surface area (Å²) in [5, 5.41) is 2.80. The van der Waals surface area contributed by atoms with Crippen molar-refractivity contribution in [1.82, 2.24) is 14.9 Å². The number of imide groups is 1. The average Bonchev–Trinajstić information content (AvgIpc) is 3.35. The molecule has 7 heteroatoms. The van der Waals surface area contributed by atoms with E-state index in [4.69, 9.17) is 0 Å². The molecule has 5 rings (SSSR count). The normalized spacial score (nSPS) is 28.2. The summed E-state index contributed by atoms with van der Waals surface area (Å²) in [5.74, 6) is -0.518. The zero-order valence-corrected chi connectivity index (χ0v) is 14.5. The van der Waals surface area contributed by atoms with Gasteiger partial charge in [-0.15, -0.1) is 0 Å². The zero-order valence-electron chi connectivity index (χ0n) is 14.5. The highest BCUT2D eigenvalue weighted by molar-refractivity contribution is 6.06. The van der Waals surface area contributed by atoms with Crippen LogP contribution in [0.2, 0.25) is 0 Å². The molecule has 4 atom stereocenters. The maximum atomic E-state index is 12.6. The van der Waals surface area contributed by atoms with E-state index in [-0.39, 0.29) is 54.4 Å². The van der Waals surface area contributed by atoms with Crippen molar-refractivity contribution in [2.45, 2.75) is 12.8 Å². The smallest absolute Gasteiger partial charge is 0.233 e. The first-order chi connectivity index (χ1) is 13.1. The molecule has 1 N–H and O–H groups in total. The highest BCUT2D eigenvalue weighted by Crippen LogP contribution is 2.52. The summed E-state index contributed by atoms with van der Waals surface area (Å²) in [6, 6.07) is 5.30. The van der Waals surface area contributed by atoms with Gasteiger partial charge in [-0.25, -0.2) is 0 Å². The lowest BCUT2D eigenvalue weighted by Crippen LogP contribution is -2.35. The van der Waals surface area contributed by atoms with Crippen LogP contribution in [0.1, 0.15) is 12.8 Å². The third-order valence-corrected chi connectivity index (χ3v) is 5.88. The molecule has 2 bridgehead atoms. The maximum Gasteiger partial charge on any atom is 0.233 e. The van der Waals surface area contributed by atoms with Gasteiger partial charge >= 0.3 is 0 Å². The number of allylic oxidation sites excluding steroid dienone is 2. The molecule has 136 valence electrons. The molecule has 3 aliphatic rings. The third kappa shape index (κ3) is 2.53. The van der Waals surface area contributed by atoms with Gasteiger partial charge in [0, 0.05) is 31.0 Å². The molecule has 3 amide bonds. The standard InChI is InChI=1S/C20H18N4O3/c25-16(23-13-3-4-14-15(10-13)22-7-6-21-14)5-8-24-19(26)17-11-1-2-12(9-11)18(17)20(24)27/h1-4,6-7,10-12,17-18H,5,8-9H2,(H,23,25)/t11-,12-,17-,18+/m0/s1. The number of carbonyl (C=O) groups excluding carboxylic acids is 3. The summed E-state index contributed by atoms with van der Waals surface area (Å²) < 4.78 is 0. The number of nitrogens with zero attached hydrogens (tertiary/aromatic N) is 3. The fraction of sp³-hybridized carbons (Fsp3) is 0.350. The van der Waals surface area contributed by atoms with Crippen LogP contribution in [0, 0.1) is 23.7 Å². The minimum Gasteiger partial charge on any atom is -0.326 e. The molecule has 1 aliphatic heterocycles. The largest absolute Gasteiger partial charge is 0.326 e. The van der Waals surface area contributed by atoms with Crippen molar-refractivity contribution < 1.29 is 14.4 Å². The minimum atomic E-state index is -0.239. The SMILES string of the molecule is O=C(CCN1C(=O)[C@@H]2[C@H](C1=O)[C@H]1C=C[C@H]2C1)Nc1ccc2nccnc2c1. The molecule has 0 spiro atoms. The molecule has 1 saturated carbocycles. The van der Waals surface area contributed by atoms with E-state index in [0.29, 0.717) is 11.2 Å². The Balaban J connectivity index is 1.23. The summed E-state index contributed by atoms with van der Waals surface area (Å²) in [7, 11) is 0. The second-order valence-electron chi connectivity index (χ2n) is 7.39. The van der Waals surface area contributed by atoms with Crippen molar-refractivity contribution in [3.05, 3.63) is 42.7 Å². The number of nitrogens with one attached hydrogen (secondary N) is 1. The number of carbonyl (C=O) groups is 3. The molecule has 2 aromatic rings. The van der Waals surface area contributed by atoms with E-state index < -0.39 is 0 Å². The second-order valence-corrected chi connectivity index (χ2v) is 7.39. The molecule has 1 aromatic carbocycles. The van der Waals surface area contributed by atoms with Gasteiger partial charge in [-0.05, 0) is 36.5 Å². The Kier molecular flexibility index (Phi) is 3.56. The van der Waals surface area contributed by atoms with Crippen LogP contribution < -0.4 is 5.32 Å². The lowest BCUT2D eigenvalue weighted by molar-refractivity contribution is -0.140. The Morgan fingerprint density at radius 3 is 2.41 bits per heavy atom. The Bertz CT molecular complexity index is 972. The van der Waals surface area contributed by atoms with Gasteiger partial charge < -0.3 is 5.32 Å². The first kappa shape index (κ1) is 16.1. The third-order valence-electron chi connectivity index (χ3n) is 5.88. The first-order valence-corrected chi connectivity index (χ1v) is 9.16. The van der Waals surface area contributed by atoms with Crippen LogP contribution in [-0.4, -0.2) is 39.1 Å². The van der Waals surface area contributed by atoms with Gasteiger partial charge in [0.15, 0.2) is 0 Å². The van der Waals surface area contributed by atoms with E-state index in [2.05, 4.69) is 27.4 Å². The fourth-order valence-corrected chi connectivity index (χ4v) is 4.66. The molecule has 2 aliphatic carbocycles. The van der Waals surface area contributed by atoms with Crippen LogP contribution in [0.25, 0.3) is 11.0 Å². The maximum absolute atomic E-state index is 12.6. The number of amides is 3. The molecule has 2 heterocycles. The first-order valence-electron chi connectivity index (χ1n) is 9.16. The molecule has 0 radical (unpaired) electrons. The molecule has 1 saturated heterocycles. The predicted molar refractivity (Wildman–Crippen MR) is 97.2 cm³/mol. The summed E-state index contributed by atoms with van der Waals surface area (Å²) in [4.78, 5) is 47.2. The lowest BCUT2D eigenvalue weighted by atomic mass is 9.85. The highest BCUT2D eigenvalue weighted by Gasteiger charge is 2.58. The van der Waals surface area contributed by atoms with Crippen LogP contribution in [0.5, 0.6) is 0 Å². The van der Waals surface area contributed by atoms with Crippen molar-refractivity contribution in [1.29, 1.82) is 0 Å². The Morgan fingerprint density at radius 2 is 1.70 bits per heavy atom. The summed E-state index contributed by atoms with van der Waals surface area (Å²) in [6.07, 6.45) is 8.33. The minimum absolute atomic E-state index is 0.0815. The molecule has 1 aromatic heterocycles. The lowest BCUT2D eigenvalue weighted by Gasteiger charge is -2.17. The highest BCUT2D eigenvalue weighted by atomic mass is 16.2. The fourth-order valence-electron chi connectivity index (χ4n) is 4.66. The van der Waals surface area contributed by atoms with Crippen LogP contribution in [-0.2, 0) is 14.4 Å². The Hall–Kier alpha value is -3.09. The van der Waals surface area contributed by atoms with Crippen LogP contribution in [0.3, 0.4) is 0 Å². The van der Waals surface area contributed by atoms with Crippen molar-refractivity contribution in [2.24, 2.45) is 23.7 Å². The molecule has 7 nitrogen and oxygen atoms in total. The van der Waals surface area contributed by atoms with Crippen LogP contribution in [0.4, 0.5) is 5.69 Å². The van der Waals surface area contributed by atoms with Gasteiger partial charge in [-0.1, -0.05) is 12.2 Å². The van der Waals surface area contributed by atoms with Crippen LogP contribution in [0.15, 0.2) is 42.7 Å². The zero-order chi connectivity index (χ0) is 18.5. The van der Waals surface area contributed by atoms with E-state index in [9.17, 15) is 14.4 Å². The molecule has 2 fully saturated rings. The van der Waals surface area contributed by atoms with E-state index in [1.54, 1.807) is 30.6 Å². The van der Waals surface area contributed by atoms with Crippen molar-refractivity contribution >= 4 is 34.4 Å². The number of aromatic nitrogens is 2. The van der Waals surface area contributed by atoms with Gasteiger partial charge in [0.2, 0.25) is 17.7 Å². The van der Waals surface area contributed by atoms with Crippen LogP contribution >= 0.6 is 0 Å². The van der Waals surface area contributed by atoms with Crippen molar-refractivity contribution in [3.8, 4) is 0 Å². The molecule has 27 heavy (non-hydrogen) atoms. The second kappa shape index (κ2) is 5.97. The number of hydrogen-bond donors (Lipinski definition) is 1. The van der Waals surface area contributed by atoms with E-state index in [1.165, 1.54) is 4.90 Å². The topological polar surface area (TPSA) is 92.3 Å². The average molecular weight is 362 g/mol. The Morgan fingerprint density at radius 1 is 1.04 bits per heavy atom. The van der Waals surface area contributed by atoms with Crippen molar-refractivity contribution in [3.63, 3.8) is 0 Å². The number of rotatable bonds is 4. The number of hydrogen-bond acceptors (Lipinski definition) is 5. The molecule has 0 unspecified atom stereocenters. The van der Waals surface area contributed by atoms with Gasteiger partial charge in [-0.2, -0.15) is 0 Å². The van der Waals surface area contributed by atoms with E-state index in [0.717, 1.165) is 11.9 Å². The van der Waals surface area contributed by atoms with Crippen molar-refractivity contribution in [2.75, 3.05) is 11.9 Å². The molecular weight excluding hydrogens is 344 g/mol. The molecular formula is C20H18N4O3. The van der Waals surface area contributed by atoms with Gasteiger partial charge in [0.1, 0.15) is 0 Å². The number of anilines is 1. The van der Waals surface area contributed by atoms with E-state index in [1.807, 2.05) is 0 Å². The number of benzene rings is 1. The quantitative estimate of drug-likeness (QED) is 0.661. The predicted octanol–water partition coefficient (Wildman–Crippen LogP) is 1.77. The number of fused-ring (bicyclic) bond motifs is 6. The summed E-state index contributed by atoms with van der Waals surface area (Å²) in [6.45, 7) is 0.128. The van der Waals surface area contributed by atoms with Gasteiger partial charge in [0.05, 0.1) is 22.9 Å². The number of likely N-dealkylation sites (tertiary alicyclic amines) is 1. The Labute approximate surface area is 155 Å². The summed E-state index contributed by atoms with van der Waals surface area (Å²) in [5.41, 5.74) is 2.06. The van der Waals surface area contributed by atoms with E-state index >= 15 is 0 Å². The van der Waals surface area contributed by atoms with Gasteiger partial charge in [-0.3, -0.25) is 29.3 Å².